The van der Waals surface area contributed by atoms with E-state index in [0.29, 0.717) is 12.2 Å². The molecule has 3 nitrogen and oxygen atoms in total. The highest BCUT2D eigenvalue weighted by molar-refractivity contribution is 5.26. The molecule has 2 aromatic rings. The third-order valence-corrected chi connectivity index (χ3v) is 2.38. The van der Waals surface area contributed by atoms with Gasteiger partial charge in [-0.15, -0.1) is 0 Å². The van der Waals surface area contributed by atoms with Gasteiger partial charge in [0, 0.05) is 12.5 Å². The second-order valence-corrected chi connectivity index (χ2v) is 3.99. The lowest BCUT2D eigenvalue weighted by molar-refractivity contribution is 0.945. The van der Waals surface area contributed by atoms with E-state index in [1.54, 1.807) is 13.0 Å². The third kappa shape index (κ3) is 2.57. The van der Waals surface area contributed by atoms with Crippen molar-refractivity contribution < 1.29 is 0 Å². The molecule has 0 amide bonds. The average molecular weight is 214 g/mol. The van der Waals surface area contributed by atoms with Crippen LogP contribution in [0.15, 0.2) is 35.1 Å². The van der Waals surface area contributed by atoms with Crippen molar-refractivity contribution in [3.05, 3.63) is 63.3 Å². The fourth-order valence-corrected chi connectivity index (χ4v) is 1.76. The van der Waals surface area contributed by atoms with Gasteiger partial charge in [-0.1, -0.05) is 29.8 Å². The molecule has 0 atom stereocenters. The molecule has 0 unspecified atom stereocenters. The number of aryl methyl sites for hydroxylation is 2. The van der Waals surface area contributed by atoms with Gasteiger partial charge in [0.1, 0.15) is 5.82 Å². The molecule has 1 aromatic carbocycles. The van der Waals surface area contributed by atoms with Crippen LogP contribution in [0, 0.1) is 13.8 Å². The average Bonchev–Trinajstić information content (AvgIpc) is 2.15. The van der Waals surface area contributed by atoms with Gasteiger partial charge < -0.3 is 4.98 Å². The maximum atomic E-state index is 11.3. The molecular weight excluding hydrogens is 200 g/mol. The van der Waals surface area contributed by atoms with E-state index in [9.17, 15) is 4.79 Å². The van der Waals surface area contributed by atoms with Crippen LogP contribution in [0.2, 0.25) is 0 Å². The largest absolute Gasteiger partial charge is 0.311 e. The van der Waals surface area contributed by atoms with Crippen LogP contribution in [-0.4, -0.2) is 9.97 Å². The summed E-state index contributed by atoms with van der Waals surface area (Å²) < 4.78 is 0. The number of benzene rings is 1. The zero-order valence-corrected chi connectivity index (χ0v) is 9.45. The van der Waals surface area contributed by atoms with Crippen LogP contribution in [-0.2, 0) is 6.42 Å². The smallest absolute Gasteiger partial charge is 0.251 e. The molecule has 0 spiro atoms. The minimum Gasteiger partial charge on any atom is -0.311 e. The van der Waals surface area contributed by atoms with Gasteiger partial charge in [0.15, 0.2) is 0 Å². The Morgan fingerprint density at radius 3 is 2.75 bits per heavy atom. The first-order chi connectivity index (χ1) is 7.63. The second-order valence-electron chi connectivity index (χ2n) is 3.99. The SMILES string of the molecule is Cc1cccc(Cc2cc(=O)[nH]c(C)n2)c1. The van der Waals surface area contributed by atoms with E-state index in [2.05, 4.69) is 29.0 Å². The van der Waals surface area contributed by atoms with Crippen LogP contribution in [0.25, 0.3) is 0 Å². The lowest BCUT2D eigenvalue weighted by Crippen LogP contribution is -2.10. The summed E-state index contributed by atoms with van der Waals surface area (Å²) in [6.45, 7) is 3.85. The quantitative estimate of drug-likeness (QED) is 0.830. The first-order valence-corrected chi connectivity index (χ1v) is 5.26. The molecule has 82 valence electrons. The minimum atomic E-state index is -0.0878. The Balaban J connectivity index is 2.30. The number of aromatic nitrogens is 2. The molecule has 2 rings (SSSR count). The normalized spacial score (nSPS) is 10.4. The molecule has 0 saturated heterocycles. The summed E-state index contributed by atoms with van der Waals surface area (Å²) in [6.07, 6.45) is 0.701. The van der Waals surface area contributed by atoms with Crippen LogP contribution in [0.1, 0.15) is 22.6 Å². The first kappa shape index (κ1) is 10.6. The second kappa shape index (κ2) is 4.31. The fourth-order valence-electron chi connectivity index (χ4n) is 1.76. The number of aromatic amines is 1. The molecule has 1 heterocycles. The van der Waals surface area contributed by atoms with E-state index in [1.165, 1.54) is 11.1 Å². The molecular formula is C13H14N2O. The van der Waals surface area contributed by atoms with Gasteiger partial charge in [0.2, 0.25) is 0 Å². The fraction of sp³-hybridized carbons (Fsp3) is 0.231. The molecule has 0 aliphatic rings. The lowest BCUT2D eigenvalue weighted by atomic mass is 10.1. The van der Waals surface area contributed by atoms with Crippen LogP contribution in [0.3, 0.4) is 0 Å². The molecule has 1 aromatic heterocycles. The third-order valence-electron chi connectivity index (χ3n) is 2.38. The lowest BCUT2D eigenvalue weighted by Gasteiger charge is -2.02. The first-order valence-electron chi connectivity index (χ1n) is 5.26. The standard InChI is InChI=1S/C13H14N2O/c1-9-4-3-5-11(6-9)7-12-8-13(16)15-10(2)14-12/h3-6,8H,7H2,1-2H3,(H,14,15,16). The van der Waals surface area contributed by atoms with E-state index >= 15 is 0 Å². The van der Waals surface area contributed by atoms with Crippen molar-refractivity contribution in [2.24, 2.45) is 0 Å². The van der Waals surface area contributed by atoms with Crippen molar-refractivity contribution in [1.82, 2.24) is 9.97 Å². The summed E-state index contributed by atoms with van der Waals surface area (Å²) in [4.78, 5) is 18.2. The highest BCUT2D eigenvalue weighted by Crippen LogP contribution is 2.08. The Hall–Kier alpha value is -1.90. The molecule has 3 heteroatoms. The zero-order valence-electron chi connectivity index (χ0n) is 9.45. The Labute approximate surface area is 94.2 Å². The molecule has 0 radical (unpaired) electrons. The highest BCUT2D eigenvalue weighted by atomic mass is 16.1. The van der Waals surface area contributed by atoms with E-state index in [1.807, 2.05) is 12.1 Å². The zero-order chi connectivity index (χ0) is 11.5. The number of H-pyrrole nitrogens is 1. The highest BCUT2D eigenvalue weighted by Gasteiger charge is 2.00. The predicted molar refractivity (Wildman–Crippen MR) is 63.6 cm³/mol. The van der Waals surface area contributed by atoms with Gasteiger partial charge in [-0.3, -0.25) is 4.79 Å². The van der Waals surface area contributed by atoms with Crippen molar-refractivity contribution in [2.75, 3.05) is 0 Å². The Kier molecular flexibility index (Phi) is 2.86. The maximum absolute atomic E-state index is 11.3. The number of rotatable bonds is 2. The molecule has 16 heavy (non-hydrogen) atoms. The number of hydrogen-bond donors (Lipinski definition) is 1. The van der Waals surface area contributed by atoms with Gasteiger partial charge in [0.05, 0.1) is 5.69 Å². The van der Waals surface area contributed by atoms with Crippen LogP contribution < -0.4 is 5.56 Å². The van der Waals surface area contributed by atoms with E-state index in [-0.39, 0.29) is 5.56 Å². The van der Waals surface area contributed by atoms with Crippen LogP contribution in [0.4, 0.5) is 0 Å². The number of nitrogens with one attached hydrogen (secondary N) is 1. The Morgan fingerprint density at radius 2 is 2.06 bits per heavy atom. The summed E-state index contributed by atoms with van der Waals surface area (Å²) >= 11 is 0. The predicted octanol–water partition coefficient (Wildman–Crippen LogP) is 1.98. The van der Waals surface area contributed by atoms with Crippen LogP contribution in [0.5, 0.6) is 0 Å². The van der Waals surface area contributed by atoms with Gasteiger partial charge in [-0.2, -0.15) is 0 Å². The molecule has 0 fully saturated rings. The summed E-state index contributed by atoms with van der Waals surface area (Å²) in [5, 5.41) is 0. The summed E-state index contributed by atoms with van der Waals surface area (Å²) in [5.74, 6) is 0.662. The minimum absolute atomic E-state index is 0.0878. The summed E-state index contributed by atoms with van der Waals surface area (Å²) in [5.41, 5.74) is 3.12. The summed E-state index contributed by atoms with van der Waals surface area (Å²) in [7, 11) is 0. The summed E-state index contributed by atoms with van der Waals surface area (Å²) in [6, 6.07) is 9.78. The van der Waals surface area contributed by atoms with Crippen molar-refractivity contribution in [3.8, 4) is 0 Å². The van der Waals surface area contributed by atoms with E-state index in [4.69, 9.17) is 0 Å². The van der Waals surface area contributed by atoms with Crippen molar-refractivity contribution in [3.63, 3.8) is 0 Å². The number of nitrogens with zero attached hydrogens (tertiary/aromatic N) is 1. The van der Waals surface area contributed by atoms with Gasteiger partial charge in [0.25, 0.3) is 5.56 Å². The van der Waals surface area contributed by atoms with E-state index in [0.717, 1.165) is 5.69 Å². The molecule has 0 aliphatic heterocycles. The van der Waals surface area contributed by atoms with Crippen LogP contribution >= 0.6 is 0 Å². The van der Waals surface area contributed by atoms with Crippen molar-refractivity contribution in [1.29, 1.82) is 0 Å². The topological polar surface area (TPSA) is 45.8 Å². The van der Waals surface area contributed by atoms with Gasteiger partial charge >= 0.3 is 0 Å². The monoisotopic (exact) mass is 214 g/mol. The Bertz CT molecular complexity index is 558. The van der Waals surface area contributed by atoms with Crippen molar-refractivity contribution >= 4 is 0 Å². The molecule has 0 aliphatic carbocycles. The van der Waals surface area contributed by atoms with Crippen molar-refractivity contribution in [2.45, 2.75) is 20.3 Å². The molecule has 0 saturated carbocycles. The maximum Gasteiger partial charge on any atom is 0.251 e. The number of hydrogen-bond acceptors (Lipinski definition) is 2. The van der Waals surface area contributed by atoms with Gasteiger partial charge in [-0.25, -0.2) is 4.98 Å². The van der Waals surface area contributed by atoms with Gasteiger partial charge in [-0.05, 0) is 19.4 Å². The molecule has 1 N–H and O–H groups in total. The molecule has 0 bridgehead atoms. The van der Waals surface area contributed by atoms with E-state index < -0.39 is 0 Å². The Morgan fingerprint density at radius 1 is 1.25 bits per heavy atom.